The van der Waals surface area contributed by atoms with Gasteiger partial charge >= 0.3 is 0 Å². The number of rotatable bonds is 5. The topological polar surface area (TPSA) is 58.5 Å². The minimum atomic E-state index is 0.396. The van der Waals surface area contributed by atoms with E-state index in [0.29, 0.717) is 18.3 Å². The molecule has 4 nitrogen and oxygen atoms in total. The molecule has 18 heavy (non-hydrogen) atoms. The van der Waals surface area contributed by atoms with E-state index in [-0.39, 0.29) is 0 Å². The standard InChI is InChI=1S/C14H26N4/c1-5-14(13(10-15)11(2)16)18(4)12-6-8-17(3)9-7-12/h5,12H,1-2,6-10,15-16H2,3-4H3/b14-13+. The summed E-state index contributed by atoms with van der Waals surface area (Å²) in [5, 5.41) is 0. The third kappa shape index (κ3) is 3.37. The first kappa shape index (κ1) is 14.8. The Morgan fingerprint density at radius 2 is 2.00 bits per heavy atom. The largest absolute Gasteiger partial charge is 0.399 e. The predicted octanol–water partition coefficient (Wildman–Crippen LogP) is 0.884. The lowest BCUT2D eigenvalue weighted by atomic mass is 10.0. The number of hydrogen-bond donors (Lipinski definition) is 2. The zero-order chi connectivity index (χ0) is 13.7. The van der Waals surface area contributed by atoms with E-state index in [1.54, 1.807) is 0 Å². The van der Waals surface area contributed by atoms with Crippen LogP contribution < -0.4 is 11.5 Å². The van der Waals surface area contributed by atoms with Crippen LogP contribution in [-0.4, -0.2) is 49.6 Å². The average molecular weight is 250 g/mol. The van der Waals surface area contributed by atoms with Crippen LogP contribution in [0.3, 0.4) is 0 Å². The number of nitrogens with two attached hydrogens (primary N) is 2. The molecular formula is C14H26N4. The number of nitrogens with zero attached hydrogens (tertiary/aromatic N) is 2. The lowest BCUT2D eigenvalue weighted by Gasteiger charge is -2.37. The molecule has 1 heterocycles. The maximum Gasteiger partial charge on any atom is 0.0426 e. The molecule has 0 aromatic heterocycles. The Morgan fingerprint density at radius 3 is 2.39 bits per heavy atom. The van der Waals surface area contributed by atoms with Gasteiger partial charge in [-0.1, -0.05) is 13.2 Å². The van der Waals surface area contributed by atoms with Crippen LogP contribution in [-0.2, 0) is 0 Å². The molecule has 0 aliphatic carbocycles. The van der Waals surface area contributed by atoms with Crippen LogP contribution in [0.2, 0.25) is 0 Å². The monoisotopic (exact) mass is 250 g/mol. The average Bonchev–Trinajstić information content (AvgIpc) is 2.35. The molecule has 1 aliphatic heterocycles. The minimum absolute atomic E-state index is 0.396. The number of likely N-dealkylation sites (N-methyl/N-ethyl adjacent to an activating group) is 1. The fourth-order valence-corrected chi connectivity index (χ4v) is 2.46. The summed E-state index contributed by atoms with van der Waals surface area (Å²) >= 11 is 0. The Labute approximate surface area is 111 Å². The lowest BCUT2D eigenvalue weighted by molar-refractivity contribution is 0.173. The van der Waals surface area contributed by atoms with Crippen molar-refractivity contribution in [1.82, 2.24) is 9.80 Å². The molecule has 0 spiro atoms. The van der Waals surface area contributed by atoms with Gasteiger partial charge in [0.2, 0.25) is 0 Å². The van der Waals surface area contributed by atoms with Crippen LogP contribution >= 0.6 is 0 Å². The first-order chi connectivity index (χ1) is 8.51. The summed E-state index contributed by atoms with van der Waals surface area (Å²) in [6.07, 6.45) is 4.14. The maximum atomic E-state index is 5.80. The lowest BCUT2D eigenvalue weighted by Crippen LogP contribution is -2.41. The summed E-state index contributed by atoms with van der Waals surface area (Å²) in [4.78, 5) is 4.60. The Bertz CT molecular complexity index is 338. The van der Waals surface area contributed by atoms with Crippen LogP contribution in [0.5, 0.6) is 0 Å². The van der Waals surface area contributed by atoms with Gasteiger partial charge in [-0.2, -0.15) is 0 Å². The molecule has 4 N–H and O–H groups in total. The summed E-state index contributed by atoms with van der Waals surface area (Å²) in [7, 11) is 4.25. The van der Waals surface area contributed by atoms with E-state index in [1.807, 2.05) is 6.08 Å². The number of hydrogen-bond acceptors (Lipinski definition) is 4. The number of allylic oxidation sites excluding steroid dienone is 1. The maximum absolute atomic E-state index is 5.80. The molecule has 0 aromatic rings. The van der Waals surface area contributed by atoms with Crippen molar-refractivity contribution in [1.29, 1.82) is 0 Å². The molecule has 0 unspecified atom stereocenters. The molecule has 0 saturated carbocycles. The zero-order valence-corrected chi connectivity index (χ0v) is 11.7. The molecule has 0 aromatic carbocycles. The third-order valence-corrected chi connectivity index (χ3v) is 3.71. The highest BCUT2D eigenvalue weighted by atomic mass is 15.2. The van der Waals surface area contributed by atoms with Crippen molar-refractivity contribution >= 4 is 0 Å². The Balaban J connectivity index is 2.88. The predicted molar refractivity (Wildman–Crippen MR) is 77.9 cm³/mol. The van der Waals surface area contributed by atoms with Gasteiger partial charge < -0.3 is 21.3 Å². The SMILES string of the molecule is C=C/C(=C(/CN)C(=C)N)N(C)C1CCN(C)CC1. The molecule has 0 radical (unpaired) electrons. The summed E-state index contributed by atoms with van der Waals surface area (Å²) < 4.78 is 0. The van der Waals surface area contributed by atoms with Gasteiger partial charge in [0.25, 0.3) is 0 Å². The van der Waals surface area contributed by atoms with E-state index >= 15 is 0 Å². The molecule has 102 valence electrons. The second-order valence-electron chi connectivity index (χ2n) is 4.94. The van der Waals surface area contributed by atoms with Crippen LogP contribution in [0, 0.1) is 0 Å². The third-order valence-electron chi connectivity index (χ3n) is 3.71. The molecule has 4 heteroatoms. The summed E-state index contributed by atoms with van der Waals surface area (Å²) in [5.74, 6) is 0. The molecule has 1 fully saturated rings. The van der Waals surface area contributed by atoms with Gasteiger partial charge in [-0.15, -0.1) is 0 Å². The van der Waals surface area contributed by atoms with Crippen molar-refractivity contribution in [2.75, 3.05) is 33.7 Å². The molecule has 0 atom stereocenters. The van der Waals surface area contributed by atoms with E-state index in [1.165, 1.54) is 0 Å². The van der Waals surface area contributed by atoms with Gasteiger partial charge in [-0.25, -0.2) is 0 Å². The van der Waals surface area contributed by atoms with E-state index in [2.05, 4.69) is 37.1 Å². The molecule has 1 rings (SSSR count). The molecular weight excluding hydrogens is 224 g/mol. The van der Waals surface area contributed by atoms with Crippen molar-refractivity contribution < 1.29 is 0 Å². The Morgan fingerprint density at radius 1 is 1.44 bits per heavy atom. The zero-order valence-electron chi connectivity index (χ0n) is 11.7. The minimum Gasteiger partial charge on any atom is -0.399 e. The van der Waals surface area contributed by atoms with Gasteiger partial charge in [0.15, 0.2) is 0 Å². The highest BCUT2D eigenvalue weighted by Crippen LogP contribution is 2.22. The molecule has 0 bridgehead atoms. The van der Waals surface area contributed by atoms with E-state index in [9.17, 15) is 0 Å². The highest BCUT2D eigenvalue weighted by Gasteiger charge is 2.22. The Hall–Kier alpha value is -1.26. The smallest absolute Gasteiger partial charge is 0.0426 e. The first-order valence-electron chi connectivity index (χ1n) is 6.43. The highest BCUT2D eigenvalue weighted by molar-refractivity contribution is 5.36. The van der Waals surface area contributed by atoms with E-state index in [4.69, 9.17) is 11.5 Å². The quantitative estimate of drug-likeness (QED) is 0.711. The van der Waals surface area contributed by atoms with Crippen LogP contribution in [0.1, 0.15) is 12.8 Å². The van der Waals surface area contributed by atoms with Gasteiger partial charge in [0, 0.05) is 36.6 Å². The normalized spacial score (nSPS) is 19.3. The second kappa shape index (κ2) is 6.61. The Kier molecular flexibility index (Phi) is 5.44. The summed E-state index contributed by atoms with van der Waals surface area (Å²) in [6.45, 7) is 10.3. The van der Waals surface area contributed by atoms with E-state index < -0.39 is 0 Å². The van der Waals surface area contributed by atoms with Gasteiger partial charge in [0.05, 0.1) is 0 Å². The van der Waals surface area contributed by atoms with Crippen molar-refractivity contribution in [2.24, 2.45) is 11.5 Å². The van der Waals surface area contributed by atoms with Gasteiger partial charge in [0.1, 0.15) is 0 Å². The fourth-order valence-electron chi connectivity index (χ4n) is 2.46. The van der Waals surface area contributed by atoms with Crippen LogP contribution in [0.15, 0.2) is 36.2 Å². The molecule has 0 amide bonds. The second-order valence-corrected chi connectivity index (χ2v) is 4.94. The van der Waals surface area contributed by atoms with Gasteiger partial charge in [-0.05, 0) is 39.1 Å². The van der Waals surface area contributed by atoms with Crippen LogP contribution in [0.4, 0.5) is 0 Å². The van der Waals surface area contributed by atoms with Crippen molar-refractivity contribution in [3.8, 4) is 0 Å². The van der Waals surface area contributed by atoms with Crippen LogP contribution in [0.25, 0.3) is 0 Å². The van der Waals surface area contributed by atoms with Crippen molar-refractivity contribution in [2.45, 2.75) is 18.9 Å². The summed E-state index contributed by atoms with van der Waals surface area (Å²) in [6, 6.07) is 0.523. The number of likely N-dealkylation sites (tertiary alicyclic amines) is 1. The molecule has 1 aliphatic rings. The van der Waals surface area contributed by atoms with Crippen molar-refractivity contribution in [3.63, 3.8) is 0 Å². The van der Waals surface area contributed by atoms with Gasteiger partial charge in [-0.3, -0.25) is 0 Å². The van der Waals surface area contributed by atoms with Crippen molar-refractivity contribution in [3.05, 3.63) is 36.2 Å². The first-order valence-corrected chi connectivity index (χ1v) is 6.43. The number of piperidine rings is 1. The van der Waals surface area contributed by atoms with E-state index in [0.717, 1.165) is 37.2 Å². The fraction of sp³-hybridized carbons (Fsp3) is 0.571. The molecule has 1 saturated heterocycles. The summed E-state index contributed by atoms with van der Waals surface area (Å²) in [5.41, 5.74) is 14.0.